The van der Waals surface area contributed by atoms with Crippen molar-refractivity contribution in [3.8, 4) is 11.8 Å². The molecule has 0 aliphatic carbocycles. The Morgan fingerprint density at radius 1 is 1.46 bits per heavy atom. The Morgan fingerprint density at radius 2 is 2.27 bits per heavy atom. The minimum absolute atomic E-state index is 0.0372. The van der Waals surface area contributed by atoms with Gasteiger partial charge in [0.1, 0.15) is 12.4 Å². The minimum atomic E-state index is -0.536. The summed E-state index contributed by atoms with van der Waals surface area (Å²) in [5.74, 6) is 0.182. The molecule has 1 aliphatic rings. The lowest BCUT2D eigenvalue weighted by atomic mass is 10.3. The Hall–Kier alpha value is -2.33. The van der Waals surface area contributed by atoms with Gasteiger partial charge < -0.3 is 14.8 Å². The number of carbonyl (C=O) groups excluding carboxylic acids is 1. The first kappa shape index (κ1) is 18.5. The number of aromatic nitrogens is 3. The molecule has 3 heterocycles. The van der Waals surface area contributed by atoms with Crippen molar-refractivity contribution in [2.24, 2.45) is 0 Å². The van der Waals surface area contributed by atoms with E-state index in [0.717, 1.165) is 24.3 Å². The summed E-state index contributed by atoms with van der Waals surface area (Å²) in [4.78, 5) is 25.8. The molecule has 0 unspecified atom stereocenters. The van der Waals surface area contributed by atoms with Gasteiger partial charge in [-0.15, -0.1) is 0 Å². The summed E-state index contributed by atoms with van der Waals surface area (Å²) < 4.78 is 24.9. The first-order valence-corrected chi connectivity index (χ1v) is 9.09. The van der Waals surface area contributed by atoms with Crippen LogP contribution in [0.2, 0.25) is 0 Å². The molecule has 0 aromatic carbocycles. The van der Waals surface area contributed by atoms with E-state index in [-0.39, 0.29) is 12.0 Å². The van der Waals surface area contributed by atoms with E-state index >= 15 is 0 Å². The van der Waals surface area contributed by atoms with Crippen molar-refractivity contribution < 1.29 is 18.7 Å². The largest absolute Gasteiger partial charge is 0.481 e. The van der Waals surface area contributed by atoms with E-state index in [9.17, 15) is 9.18 Å². The summed E-state index contributed by atoms with van der Waals surface area (Å²) >= 11 is 1.16. The van der Waals surface area contributed by atoms with Gasteiger partial charge in [0.2, 0.25) is 23.6 Å². The number of nitrogens with zero attached hydrogens (tertiary/aromatic N) is 4. The normalized spacial score (nSPS) is 17.3. The number of halogens is 1. The molecule has 2 aromatic rings. The van der Waals surface area contributed by atoms with Crippen LogP contribution in [-0.4, -0.2) is 52.1 Å². The summed E-state index contributed by atoms with van der Waals surface area (Å²) in [6, 6.07) is 1.63. The van der Waals surface area contributed by atoms with E-state index < -0.39 is 5.95 Å². The molecule has 26 heavy (non-hydrogen) atoms. The number of amides is 1. The number of nitrogens with one attached hydrogen (secondary N) is 1. The maximum atomic E-state index is 14.0. The van der Waals surface area contributed by atoms with Gasteiger partial charge in [-0.3, -0.25) is 9.69 Å². The molecule has 0 spiro atoms. The lowest BCUT2D eigenvalue weighted by Gasteiger charge is -2.15. The lowest BCUT2D eigenvalue weighted by Crippen LogP contribution is -2.24. The van der Waals surface area contributed by atoms with Crippen LogP contribution < -0.4 is 14.8 Å². The van der Waals surface area contributed by atoms with Gasteiger partial charge in [-0.25, -0.2) is 9.97 Å². The van der Waals surface area contributed by atoms with Crippen LogP contribution in [0, 0.1) is 5.95 Å². The molecule has 0 radical (unpaired) electrons. The Kier molecular flexibility index (Phi) is 5.94. The van der Waals surface area contributed by atoms with Gasteiger partial charge in [0.25, 0.3) is 0 Å². The van der Waals surface area contributed by atoms with Crippen molar-refractivity contribution in [2.75, 3.05) is 25.5 Å². The summed E-state index contributed by atoms with van der Waals surface area (Å²) in [5, 5.41) is 2.88. The third-order valence-corrected chi connectivity index (χ3v) is 4.86. The molecular weight excluding hydrogens is 361 g/mol. The highest BCUT2D eigenvalue weighted by atomic mass is 32.1. The van der Waals surface area contributed by atoms with Gasteiger partial charge in [-0.1, -0.05) is 18.3 Å². The van der Waals surface area contributed by atoms with Crippen LogP contribution in [0.3, 0.4) is 0 Å². The van der Waals surface area contributed by atoms with Crippen LogP contribution in [0.5, 0.6) is 11.8 Å². The summed E-state index contributed by atoms with van der Waals surface area (Å²) in [7, 11) is 1.53. The summed E-state index contributed by atoms with van der Waals surface area (Å²) in [6.07, 6.45) is 2.49. The maximum Gasteiger partial charge on any atom is 0.230 e. The smallest absolute Gasteiger partial charge is 0.230 e. The van der Waals surface area contributed by atoms with Gasteiger partial charge in [-0.2, -0.15) is 9.37 Å². The Bertz CT molecular complexity index is 772. The second-order valence-electron chi connectivity index (χ2n) is 5.80. The van der Waals surface area contributed by atoms with E-state index in [2.05, 4.69) is 25.2 Å². The van der Waals surface area contributed by atoms with Crippen LogP contribution in [0.4, 0.5) is 9.52 Å². The molecule has 1 aliphatic heterocycles. The van der Waals surface area contributed by atoms with Crippen molar-refractivity contribution in [1.82, 2.24) is 19.9 Å². The number of hydrogen-bond donors (Lipinski definition) is 1. The summed E-state index contributed by atoms with van der Waals surface area (Å²) in [6.45, 7) is 3.59. The zero-order chi connectivity index (χ0) is 18.5. The number of anilines is 1. The van der Waals surface area contributed by atoms with E-state index in [1.54, 1.807) is 13.0 Å². The fourth-order valence-corrected chi connectivity index (χ4v) is 3.50. The third kappa shape index (κ3) is 4.64. The highest BCUT2D eigenvalue weighted by Crippen LogP contribution is 2.26. The number of thiazole rings is 1. The van der Waals surface area contributed by atoms with E-state index in [4.69, 9.17) is 9.47 Å². The van der Waals surface area contributed by atoms with Crippen LogP contribution >= 0.6 is 11.3 Å². The highest BCUT2D eigenvalue weighted by molar-refractivity contribution is 7.15. The maximum absolute atomic E-state index is 14.0. The molecule has 1 atom stereocenters. The zero-order valence-corrected chi connectivity index (χ0v) is 15.4. The Labute approximate surface area is 154 Å². The Morgan fingerprint density at radius 3 is 3.04 bits per heavy atom. The van der Waals surface area contributed by atoms with E-state index in [0.29, 0.717) is 41.3 Å². The molecule has 0 saturated carbocycles. The quantitative estimate of drug-likeness (QED) is 0.785. The van der Waals surface area contributed by atoms with Gasteiger partial charge in [0, 0.05) is 26.1 Å². The third-order valence-electron chi connectivity index (χ3n) is 3.93. The fraction of sp³-hybridized carbons (Fsp3) is 0.500. The average molecular weight is 381 g/mol. The van der Waals surface area contributed by atoms with Crippen molar-refractivity contribution in [2.45, 2.75) is 32.4 Å². The SMILES string of the molecule is CCC(=O)Nc1nc(F)c(CN2CC[C@@H](Oc3cc(OC)ncn3)C2)s1. The van der Waals surface area contributed by atoms with E-state index in [1.165, 1.54) is 13.4 Å². The van der Waals surface area contributed by atoms with Crippen LogP contribution in [0.1, 0.15) is 24.6 Å². The number of methoxy groups -OCH3 is 1. The van der Waals surface area contributed by atoms with Gasteiger partial charge in [0.15, 0.2) is 5.13 Å². The molecule has 3 rings (SSSR count). The standard InChI is InChI=1S/C16H20FN5O3S/c1-3-12(23)20-16-21-15(17)11(26-16)8-22-5-4-10(7-22)25-14-6-13(24-2)18-9-19-14/h6,9-10H,3-5,7-8H2,1-2H3,(H,20,21,23)/t10-/m1/s1. The van der Waals surface area contributed by atoms with Crippen LogP contribution in [0.15, 0.2) is 12.4 Å². The zero-order valence-electron chi connectivity index (χ0n) is 14.6. The van der Waals surface area contributed by atoms with E-state index in [1.807, 2.05) is 0 Å². The number of hydrogen-bond acceptors (Lipinski definition) is 8. The van der Waals surface area contributed by atoms with Gasteiger partial charge in [-0.05, 0) is 6.42 Å². The van der Waals surface area contributed by atoms with Gasteiger partial charge >= 0.3 is 0 Å². The minimum Gasteiger partial charge on any atom is -0.481 e. The van der Waals surface area contributed by atoms with Crippen LogP contribution in [0.25, 0.3) is 0 Å². The summed E-state index contributed by atoms with van der Waals surface area (Å²) in [5.41, 5.74) is 0. The second-order valence-corrected chi connectivity index (χ2v) is 6.88. The molecular formula is C16H20FN5O3S. The molecule has 1 amide bonds. The predicted octanol–water partition coefficient (Wildman–Crippen LogP) is 2.08. The lowest BCUT2D eigenvalue weighted by molar-refractivity contribution is -0.115. The first-order chi connectivity index (χ1) is 12.6. The molecule has 1 saturated heterocycles. The number of carbonyl (C=O) groups is 1. The predicted molar refractivity (Wildman–Crippen MR) is 93.9 cm³/mol. The molecule has 0 bridgehead atoms. The number of ether oxygens (including phenoxy) is 2. The molecule has 10 heteroatoms. The van der Waals surface area contributed by atoms with Crippen LogP contribution in [-0.2, 0) is 11.3 Å². The average Bonchev–Trinajstić information content (AvgIpc) is 3.21. The highest BCUT2D eigenvalue weighted by Gasteiger charge is 2.26. The topological polar surface area (TPSA) is 89.5 Å². The first-order valence-electron chi connectivity index (χ1n) is 8.27. The van der Waals surface area contributed by atoms with Crippen molar-refractivity contribution in [3.63, 3.8) is 0 Å². The van der Waals surface area contributed by atoms with Crippen molar-refractivity contribution >= 4 is 22.4 Å². The Balaban J connectivity index is 1.55. The monoisotopic (exact) mass is 381 g/mol. The number of rotatable bonds is 7. The molecule has 2 aromatic heterocycles. The number of likely N-dealkylation sites (tertiary alicyclic amines) is 1. The van der Waals surface area contributed by atoms with Crippen molar-refractivity contribution in [1.29, 1.82) is 0 Å². The molecule has 8 nitrogen and oxygen atoms in total. The molecule has 1 fully saturated rings. The van der Waals surface area contributed by atoms with Gasteiger partial charge in [0.05, 0.1) is 18.1 Å². The second kappa shape index (κ2) is 8.37. The fourth-order valence-electron chi connectivity index (χ4n) is 2.60. The van der Waals surface area contributed by atoms with Crippen molar-refractivity contribution in [3.05, 3.63) is 23.2 Å². The molecule has 1 N–H and O–H groups in total. The molecule has 140 valence electrons.